The van der Waals surface area contributed by atoms with E-state index < -0.39 is 10.1 Å². The van der Waals surface area contributed by atoms with Crippen molar-refractivity contribution in [1.82, 2.24) is 0 Å². The highest BCUT2D eigenvalue weighted by atomic mass is 32.2. The molecular weight excluding hydrogens is 200 g/mol. The summed E-state index contributed by atoms with van der Waals surface area (Å²) >= 11 is 0. The third-order valence-corrected chi connectivity index (χ3v) is 5.72. The first-order chi connectivity index (χ1) is 6.54. The maximum absolute atomic E-state index is 11.5. The second-order valence-electron chi connectivity index (χ2n) is 4.69. The summed E-state index contributed by atoms with van der Waals surface area (Å²) in [6.07, 6.45) is 3.01. The van der Waals surface area contributed by atoms with Crippen LogP contribution in [0.15, 0.2) is 0 Å². The average molecular weight is 218 g/mol. The lowest BCUT2D eigenvalue weighted by Crippen LogP contribution is -2.17. The Bertz CT molecular complexity index is 309. The molecule has 1 heterocycles. The molecule has 0 spiro atoms. The van der Waals surface area contributed by atoms with Crippen molar-refractivity contribution in [3.8, 4) is 0 Å². The second kappa shape index (κ2) is 3.49. The minimum Gasteiger partial charge on any atom is -0.270 e. The summed E-state index contributed by atoms with van der Waals surface area (Å²) in [4.78, 5) is 0. The van der Waals surface area contributed by atoms with Gasteiger partial charge < -0.3 is 0 Å². The second-order valence-corrected chi connectivity index (χ2v) is 6.52. The first-order valence-electron chi connectivity index (χ1n) is 5.42. The molecule has 4 heteroatoms. The van der Waals surface area contributed by atoms with E-state index in [2.05, 4.69) is 13.8 Å². The van der Waals surface area contributed by atoms with Crippen LogP contribution in [0.4, 0.5) is 0 Å². The van der Waals surface area contributed by atoms with E-state index in [4.69, 9.17) is 4.18 Å². The van der Waals surface area contributed by atoms with E-state index in [0.29, 0.717) is 18.4 Å². The molecule has 4 atom stereocenters. The molecule has 2 rings (SSSR count). The smallest absolute Gasteiger partial charge is 0.270 e. The van der Waals surface area contributed by atoms with Gasteiger partial charge in [0.2, 0.25) is 0 Å². The number of hydrogen-bond donors (Lipinski definition) is 0. The SMILES string of the molecule is CCC(C)C1CC2COS(=O)(=O)C2C1. The van der Waals surface area contributed by atoms with Crippen LogP contribution < -0.4 is 0 Å². The molecule has 0 amide bonds. The highest BCUT2D eigenvalue weighted by molar-refractivity contribution is 7.87. The lowest BCUT2D eigenvalue weighted by molar-refractivity contribution is 0.276. The molecule has 4 unspecified atom stereocenters. The molecule has 1 saturated heterocycles. The van der Waals surface area contributed by atoms with Gasteiger partial charge in [0.15, 0.2) is 0 Å². The summed E-state index contributed by atoms with van der Waals surface area (Å²) in [6, 6.07) is 0. The Kier molecular flexibility index (Phi) is 2.60. The minimum atomic E-state index is -3.20. The highest BCUT2D eigenvalue weighted by Crippen LogP contribution is 2.44. The molecule has 3 nitrogen and oxygen atoms in total. The van der Waals surface area contributed by atoms with Crippen molar-refractivity contribution in [1.29, 1.82) is 0 Å². The predicted molar refractivity (Wildman–Crippen MR) is 54.3 cm³/mol. The monoisotopic (exact) mass is 218 g/mol. The molecule has 0 aromatic rings. The minimum absolute atomic E-state index is 0.193. The van der Waals surface area contributed by atoms with Gasteiger partial charge in [0.1, 0.15) is 0 Å². The van der Waals surface area contributed by atoms with Gasteiger partial charge in [-0.3, -0.25) is 4.18 Å². The molecule has 0 bridgehead atoms. The maximum Gasteiger partial charge on any atom is 0.270 e. The molecule has 2 aliphatic rings. The van der Waals surface area contributed by atoms with Crippen LogP contribution >= 0.6 is 0 Å². The fourth-order valence-electron chi connectivity index (χ4n) is 2.72. The molecule has 0 radical (unpaired) electrons. The molecule has 0 aromatic heterocycles. The van der Waals surface area contributed by atoms with Crippen LogP contribution in [0.25, 0.3) is 0 Å². The first kappa shape index (κ1) is 10.4. The molecule has 1 saturated carbocycles. The fourth-order valence-corrected chi connectivity index (χ4v) is 4.41. The van der Waals surface area contributed by atoms with Gasteiger partial charge in [0.05, 0.1) is 11.9 Å². The van der Waals surface area contributed by atoms with Crippen LogP contribution in [0, 0.1) is 17.8 Å². The van der Waals surface area contributed by atoms with E-state index in [-0.39, 0.29) is 11.2 Å². The summed E-state index contributed by atoms with van der Waals surface area (Å²) in [7, 11) is -3.20. The van der Waals surface area contributed by atoms with Gasteiger partial charge in [-0.15, -0.1) is 0 Å². The van der Waals surface area contributed by atoms with Crippen molar-refractivity contribution in [3.63, 3.8) is 0 Å². The van der Waals surface area contributed by atoms with E-state index >= 15 is 0 Å². The van der Waals surface area contributed by atoms with Crippen molar-refractivity contribution in [2.45, 2.75) is 38.4 Å². The fraction of sp³-hybridized carbons (Fsp3) is 1.00. The van der Waals surface area contributed by atoms with Crippen molar-refractivity contribution in [2.24, 2.45) is 17.8 Å². The average Bonchev–Trinajstić information content (AvgIpc) is 2.67. The van der Waals surface area contributed by atoms with Crippen LogP contribution in [0.3, 0.4) is 0 Å². The van der Waals surface area contributed by atoms with Gasteiger partial charge in [-0.25, -0.2) is 0 Å². The number of hydrogen-bond acceptors (Lipinski definition) is 3. The van der Waals surface area contributed by atoms with Crippen LogP contribution in [-0.2, 0) is 14.3 Å². The number of fused-ring (bicyclic) bond motifs is 1. The van der Waals surface area contributed by atoms with Crippen LogP contribution in [-0.4, -0.2) is 20.3 Å². The van der Waals surface area contributed by atoms with Gasteiger partial charge >= 0.3 is 0 Å². The molecule has 14 heavy (non-hydrogen) atoms. The quantitative estimate of drug-likeness (QED) is 0.664. The van der Waals surface area contributed by atoms with Gasteiger partial charge in [0, 0.05) is 5.92 Å². The lowest BCUT2D eigenvalue weighted by Gasteiger charge is -2.17. The summed E-state index contributed by atoms with van der Waals surface area (Å²) < 4.78 is 27.8. The molecule has 0 aromatic carbocycles. The summed E-state index contributed by atoms with van der Waals surface area (Å²) in [6.45, 7) is 4.82. The predicted octanol–water partition coefficient (Wildman–Crippen LogP) is 1.79. The zero-order chi connectivity index (χ0) is 10.3. The molecule has 1 aliphatic carbocycles. The van der Waals surface area contributed by atoms with Crippen LogP contribution in [0.2, 0.25) is 0 Å². The summed E-state index contributed by atoms with van der Waals surface area (Å²) in [5, 5.41) is -0.193. The van der Waals surface area contributed by atoms with Crippen molar-refractivity contribution >= 4 is 10.1 Å². The Morgan fingerprint density at radius 3 is 2.71 bits per heavy atom. The van der Waals surface area contributed by atoms with E-state index in [0.717, 1.165) is 19.3 Å². The third-order valence-electron chi connectivity index (χ3n) is 3.93. The topological polar surface area (TPSA) is 43.4 Å². The third kappa shape index (κ3) is 1.58. The van der Waals surface area contributed by atoms with E-state index in [1.165, 1.54) is 0 Å². The largest absolute Gasteiger partial charge is 0.270 e. The van der Waals surface area contributed by atoms with Gasteiger partial charge in [-0.05, 0) is 24.7 Å². The molecular formula is C10H18O3S. The van der Waals surface area contributed by atoms with E-state index in [9.17, 15) is 8.42 Å². The Labute approximate surface area is 86.0 Å². The molecule has 0 N–H and O–H groups in total. The highest BCUT2D eigenvalue weighted by Gasteiger charge is 2.48. The Morgan fingerprint density at radius 2 is 2.14 bits per heavy atom. The molecule has 2 fully saturated rings. The first-order valence-corrected chi connectivity index (χ1v) is 6.90. The van der Waals surface area contributed by atoms with Crippen LogP contribution in [0.5, 0.6) is 0 Å². The Balaban J connectivity index is 2.09. The molecule has 1 aliphatic heterocycles. The number of rotatable bonds is 2. The van der Waals surface area contributed by atoms with E-state index in [1.807, 2.05) is 0 Å². The zero-order valence-electron chi connectivity index (χ0n) is 8.77. The van der Waals surface area contributed by atoms with Gasteiger partial charge in [0.25, 0.3) is 10.1 Å². The molecule has 82 valence electrons. The Morgan fingerprint density at radius 1 is 1.43 bits per heavy atom. The van der Waals surface area contributed by atoms with Gasteiger partial charge in [-0.2, -0.15) is 8.42 Å². The van der Waals surface area contributed by atoms with E-state index in [1.54, 1.807) is 0 Å². The Hall–Kier alpha value is -0.0900. The lowest BCUT2D eigenvalue weighted by atomic mass is 9.90. The maximum atomic E-state index is 11.5. The normalized spacial score (nSPS) is 42.3. The standard InChI is InChI=1S/C10H18O3S/c1-3-7(2)8-4-9-6-13-14(11,12)10(9)5-8/h7-10H,3-6H2,1-2H3. The summed E-state index contributed by atoms with van der Waals surface area (Å²) in [5.74, 6) is 1.52. The van der Waals surface area contributed by atoms with Gasteiger partial charge in [-0.1, -0.05) is 20.3 Å². The van der Waals surface area contributed by atoms with Crippen LogP contribution in [0.1, 0.15) is 33.1 Å². The zero-order valence-corrected chi connectivity index (χ0v) is 9.59. The van der Waals surface area contributed by atoms with Crippen molar-refractivity contribution < 1.29 is 12.6 Å². The van der Waals surface area contributed by atoms with Crippen molar-refractivity contribution in [3.05, 3.63) is 0 Å². The summed E-state index contributed by atoms with van der Waals surface area (Å²) in [5.41, 5.74) is 0. The van der Waals surface area contributed by atoms with Crippen molar-refractivity contribution in [2.75, 3.05) is 6.61 Å².